The van der Waals surface area contributed by atoms with Gasteiger partial charge in [-0.2, -0.15) is 0 Å². The third-order valence-corrected chi connectivity index (χ3v) is 4.48. The summed E-state index contributed by atoms with van der Waals surface area (Å²) in [6.07, 6.45) is 1.95. The monoisotopic (exact) mass is 312 g/mol. The molecule has 5 heteroatoms. The summed E-state index contributed by atoms with van der Waals surface area (Å²) in [5, 5.41) is 2.78. The van der Waals surface area contributed by atoms with Gasteiger partial charge in [0.05, 0.1) is 11.2 Å². The van der Waals surface area contributed by atoms with Crippen molar-refractivity contribution in [1.29, 1.82) is 0 Å². The van der Waals surface area contributed by atoms with Gasteiger partial charge in [0.15, 0.2) is 0 Å². The highest BCUT2D eigenvalue weighted by Gasteiger charge is 2.42. The van der Waals surface area contributed by atoms with Crippen LogP contribution in [0.15, 0.2) is 28.1 Å². The minimum Gasteiger partial charge on any atom is -0.319 e. The molecule has 0 radical (unpaired) electrons. The predicted molar refractivity (Wildman–Crippen MR) is 70.3 cm³/mol. The second kappa shape index (κ2) is 3.86. The molecule has 3 rings (SSSR count). The van der Waals surface area contributed by atoms with Gasteiger partial charge in [-0.25, -0.2) is 9.37 Å². The Balaban J connectivity index is 2.03. The molecule has 88 valence electrons. The van der Waals surface area contributed by atoms with E-state index in [1.165, 1.54) is 17.4 Å². The highest BCUT2D eigenvalue weighted by Crippen LogP contribution is 2.44. The third kappa shape index (κ3) is 2.03. The van der Waals surface area contributed by atoms with E-state index < -0.39 is 0 Å². The standard InChI is InChI=1S/C12H10BrFN2S/c13-7-1-2-9(14)8(5-7)10-6-17-11(16-10)12(15)3-4-12/h1-2,5-6H,3-4,15H2. The molecule has 1 fully saturated rings. The lowest BCUT2D eigenvalue weighted by Crippen LogP contribution is -2.18. The van der Waals surface area contributed by atoms with Gasteiger partial charge in [-0.05, 0) is 31.0 Å². The topological polar surface area (TPSA) is 38.9 Å². The molecule has 0 spiro atoms. The number of nitrogens with two attached hydrogens (primary N) is 1. The molecule has 0 bridgehead atoms. The van der Waals surface area contributed by atoms with E-state index in [0.717, 1.165) is 22.3 Å². The molecule has 2 aromatic rings. The number of hydrogen-bond donors (Lipinski definition) is 1. The Labute approximate surface area is 111 Å². The van der Waals surface area contributed by atoms with Crippen LogP contribution in [0, 0.1) is 5.82 Å². The molecule has 1 aromatic carbocycles. The lowest BCUT2D eigenvalue weighted by atomic mass is 10.1. The van der Waals surface area contributed by atoms with Crippen molar-refractivity contribution in [2.24, 2.45) is 5.73 Å². The Morgan fingerprint density at radius 2 is 2.18 bits per heavy atom. The van der Waals surface area contributed by atoms with Crippen molar-refractivity contribution >= 4 is 27.3 Å². The molecule has 1 aromatic heterocycles. The maximum absolute atomic E-state index is 13.7. The summed E-state index contributed by atoms with van der Waals surface area (Å²) in [5.74, 6) is -0.257. The third-order valence-electron chi connectivity index (χ3n) is 2.92. The van der Waals surface area contributed by atoms with Crippen molar-refractivity contribution in [1.82, 2.24) is 4.98 Å². The summed E-state index contributed by atoms with van der Waals surface area (Å²) in [6.45, 7) is 0. The first-order valence-corrected chi connectivity index (χ1v) is 6.96. The normalized spacial score (nSPS) is 17.1. The van der Waals surface area contributed by atoms with Gasteiger partial charge < -0.3 is 5.73 Å². The quantitative estimate of drug-likeness (QED) is 0.919. The van der Waals surface area contributed by atoms with Crippen LogP contribution in [0.1, 0.15) is 17.8 Å². The molecule has 1 saturated carbocycles. The van der Waals surface area contributed by atoms with Crippen molar-refractivity contribution in [2.45, 2.75) is 18.4 Å². The highest BCUT2D eigenvalue weighted by molar-refractivity contribution is 9.10. The van der Waals surface area contributed by atoms with Crippen LogP contribution in [-0.4, -0.2) is 4.98 Å². The van der Waals surface area contributed by atoms with Crippen molar-refractivity contribution in [2.75, 3.05) is 0 Å². The largest absolute Gasteiger partial charge is 0.319 e. The molecule has 0 unspecified atom stereocenters. The van der Waals surface area contributed by atoms with Crippen LogP contribution in [0.2, 0.25) is 0 Å². The van der Waals surface area contributed by atoms with Gasteiger partial charge in [-0.15, -0.1) is 11.3 Å². The molecule has 2 nitrogen and oxygen atoms in total. The molecule has 2 N–H and O–H groups in total. The number of aromatic nitrogens is 1. The molecule has 1 aliphatic carbocycles. The zero-order chi connectivity index (χ0) is 12.0. The average Bonchev–Trinajstić information content (AvgIpc) is 2.88. The molecule has 0 aliphatic heterocycles. The van der Waals surface area contributed by atoms with Crippen LogP contribution in [0.5, 0.6) is 0 Å². The van der Waals surface area contributed by atoms with Gasteiger partial charge in [0.2, 0.25) is 0 Å². The molecule has 0 atom stereocenters. The lowest BCUT2D eigenvalue weighted by molar-refractivity contribution is 0.630. The van der Waals surface area contributed by atoms with E-state index in [4.69, 9.17) is 5.73 Å². The van der Waals surface area contributed by atoms with Gasteiger partial charge in [0.25, 0.3) is 0 Å². The first-order valence-electron chi connectivity index (χ1n) is 5.29. The second-order valence-corrected chi connectivity index (χ2v) is 6.09. The zero-order valence-electron chi connectivity index (χ0n) is 8.91. The number of nitrogens with zero attached hydrogens (tertiary/aromatic N) is 1. The van der Waals surface area contributed by atoms with Crippen LogP contribution in [-0.2, 0) is 5.54 Å². The Bertz CT molecular complexity index is 578. The van der Waals surface area contributed by atoms with Crippen LogP contribution in [0.25, 0.3) is 11.3 Å². The second-order valence-electron chi connectivity index (χ2n) is 4.32. The predicted octanol–water partition coefficient (Wildman–Crippen LogP) is 3.66. The molecule has 1 aliphatic rings. The van der Waals surface area contributed by atoms with Crippen molar-refractivity contribution in [3.63, 3.8) is 0 Å². The Kier molecular flexibility index (Phi) is 2.57. The maximum Gasteiger partial charge on any atom is 0.132 e. The van der Waals surface area contributed by atoms with E-state index in [-0.39, 0.29) is 11.4 Å². The minimum absolute atomic E-state index is 0.245. The van der Waals surface area contributed by atoms with E-state index in [1.54, 1.807) is 12.1 Å². The average molecular weight is 313 g/mol. The molecule has 0 amide bonds. The summed E-state index contributed by atoms with van der Waals surface area (Å²) in [6, 6.07) is 4.86. The first kappa shape index (κ1) is 11.3. The number of benzene rings is 1. The summed E-state index contributed by atoms with van der Waals surface area (Å²) >= 11 is 4.85. The van der Waals surface area contributed by atoms with Crippen molar-refractivity contribution in [3.05, 3.63) is 38.9 Å². The van der Waals surface area contributed by atoms with Crippen LogP contribution in [0.3, 0.4) is 0 Å². The van der Waals surface area contributed by atoms with Crippen molar-refractivity contribution < 1.29 is 4.39 Å². The fourth-order valence-electron chi connectivity index (χ4n) is 1.67. The van der Waals surface area contributed by atoms with E-state index >= 15 is 0 Å². The highest BCUT2D eigenvalue weighted by atomic mass is 79.9. The Hall–Kier alpha value is -0.780. The fourth-order valence-corrected chi connectivity index (χ4v) is 3.02. The van der Waals surface area contributed by atoms with E-state index in [9.17, 15) is 4.39 Å². The molecule has 17 heavy (non-hydrogen) atoms. The van der Waals surface area contributed by atoms with Gasteiger partial charge in [-0.1, -0.05) is 15.9 Å². The van der Waals surface area contributed by atoms with E-state index in [1.807, 2.05) is 5.38 Å². The Morgan fingerprint density at radius 3 is 2.88 bits per heavy atom. The smallest absolute Gasteiger partial charge is 0.132 e. The maximum atomic E-state index is 13.7. The van der Waals surface area contributed by atoms with Gasteiger partial charge in [0, 0.05) is 15.4 Å². The molecular weight excluding hydrogens is 303 g/mol. The summed E-state index contributed by atoms with van der Waals surface area (Å²) in [4.78, 5) is 4.45. The molecule has 0 saturated heterocycles. The number of halogens is 2. The fraction of sp³-hybridized carbons (Fsp3) is 0.250. The lowest BCUT2D eigenvalue weighted by Gasteiger charge is -2.03. The van der Waals surface area contributed by atoms with Gasteiger partial charge in [-0.3, -0.25) is 0 Å². The minimum atomic E-state index is -0.257. The van der Waals surface area contributed by atoms with Gasteiger partial charge in [0.1, 0.15) is 10.8 Å². The number of thiazole rings is 1. The number of rotatable bonds is 2. The van der Waals surface area contributed by atoms with Crippen molar-refractivity contribution in [3.8, 4) is 11.3 Å². The van der Waals surface area contributed by atoms with Crippen LogP contribution >= 0.6 is 27.3 Å². The van der Waals surface area contributed by atoms with Crippen LogP contribution in [0.4, 0.5) is 4.39 Å². The summed E-state index contributed by atoms with van der Waals surface area (Å²) in [5.41, 5.74) is 7.01. The summed E-state index contributed by atoms with van der Waals surface area (Å²) < 4.78 is 14.5. The van der Waals surface area contributed by atoms with E-state index in [0.29, 0.717) is 11.3 Å². The zero-order valence-corrected chi connectivity index (χ0v) is 11.3. The molecular formula is C12H10BrFN2S. The number of hydrogen-bond acceptors (Lipinski definition) is 3. The first-order chi connectivity index (χ1) is 8.08. The van der Waals surface area contributed by atoms with E-state index in [2.05, 4.69) is 20.9 Å². The SMILES string of the molecule is NC1(c2nc(-c3cc(Br)ccc3F)cs2)CC1. The van der Waals surface area contributed by atoms with Gasteiger partial charge >= 0.3 is 0 Å². The Morgan fingerprint density at radius 1 is 1.41 bits per heavy atom. The molecule has 1 heterocycles. The summed E-state index contributed by atoms with van der Waals surface area (Å²) in [7, 11) is 0. The van der Waals surface area contributed by atoms with Crippen LogP contribution < -0.4 is 5.73 Å².